The molecule has 29 heavy (non-hydrogen) atoms. The van der Waals surface area contributed by atoms with Crippen LogP contribution in [0.1, 0.15) is 40.2 Å². The van der Waals surface area contributed by atoms with Gasteiger partial charge >= 0.3 is 0 Å². The molecule has 4 rings (SSSR count). The normalized spacial score (nSPS) is 15.2. The van der Waals surface area contributed by atoms with Gasteiger partial charge in [-0.1, -0.05) is 42.5 Å². The average Bonchev–Trinajstić information content (AvgIpc) is 2.77. The highest BCUT2D eigenvalue weighted by Gasteiger charge is 2.20. The number of nitrogens with two attached hydrogens (primary N) is 1. The van der Waals surface area contributed by atoms with E-state index in [0.717, 1.165) is 25.4 Å². The van der Waals surface area contributed by atoms with Crippen molar-refractivity contribution in [2.45, 2.75) is 25.3 Å². The Morgan fingerprint density at radius 2 is 1.72 bits per heavy atom. The van der Waals surface area contributed by atoms with Gasteiger partial charge in [-0.25, -0.2) is 4.98 Å². The quantitative estimate of drug-likeness (QED) is 0.683. The van der Waals surface area contributed by atoms with Crippen LogP contribution in [-0.2, 0) is 6.54 Å². The molecule has 2 N–H and O–H groups in total. The Morgan fingerprint density at radius 3 is 2.34 bits per heavy atom. The first kappa shape index (κ1) is 19.2. The lowest BCUT2D eigenvalue weighted by atomic mass is 9.89. The monoisotopic (exact) mass is 387 g/mol. The molecule has 0 atom stereocenters. The molecule has 148 valence electrons. The number of rotatable bonds is 6. The van der Waals surface area contributed by atoms with E-state index >= 15 is 0 Å². The van der Waals surface area contributed by atoms with Crippen molar-refractivity contribution in [3.05, 3.63) is 89.6 Å². The summed E-state index contributed by atoms with van der Waals surface area (Å²) in [5.74, 6) is 1.33. The number of piperidine rings is 1. The molecule has 0 aliphatic carbocycles. The summed E-state index contributed by atoms with van der Waals surface area (Å²) in [4.78, 5) is 17.7. The third kappa shape index (κ3) is 5.00. The van der Waals surface area contributed by atoms with E-state index in [1.807, 2.05) is 12.1 Å². The zero-order valence-corrected chi connectivity index (χ0v) is 16.3. The first-order valence-corrected chi connectivity index (χ1v) is 9.97. The summed E-state index contributed by atoms with van der Waals surface area (Å²) in [6, 6.07) is 22.2. The molecule has 5 heteroatoms. The zero-order valence-electron chi connectivity index (χ0n) is 16.3. The number of aromatic nitrogens is 1. The molecule has 0 saturated carbocycles. The predicted molar refractivity (Wildman–Crippen MR) is 113 cm³/mol. The van der Waals surface area contributed by atoms with Gasteiger partial charge in [0.05, 0.1) is 5.56 Å². The Labute approximate surface area is 171 Å². The predicted octanol–water partition coefficient (Wildman–Crippen LogP) is 4.35. The molecule has 0 radical (unpaired) electrons. The first-order valence-electron chi connectivity index (χ1n) is 9.97. The minimum absolute atomic E-state index is 0.365. The van der Waals surface area contributed by atoms with Gasteiger partial charge in [0.15, 0.2) is 0 Å². The van der Waals surface area contributed by atoms with Crippen molar-refractivity contribution in [3.63, 3.8) is 0 Å². The molecule has 1 aromatic heterocycles. The van der Waals surface area contributed by atoms with Crippen LogP contribution in [0.15, 0.2) is 72.9 Å². The van der Waals surface area contributed by atoms with Crippen LogP contribution in [0.25, 0.3) is 0 Å². The van der Waals surface area contributed by atoms with Crippen molar-refractivity contribution in [1.29, 1.82) is 0 Å². The highest BCUT2D eigenvalue weighted by molar-refractivity contribution is 5.92. The lowest BCUT2D eigenvalue weighted by Gasteiger charge is -2.32. The third-order valence-corrected chi connectivity index (χ3v) is 5.43. The standard InChI is InChI=1S/C24H25N3O2/c25-24(28)21-8-11-23(26-16-21)29-22-9-6-18(7-10-22)17-27-14-12-20(13-15-27)19-4-2-1-3-5-19/h1-11,16,20H,12-15,17H2,(H2,25,28). The highest BCUT2D eigenvalue weighted by atomic mass is 16.5. The van der Waals surface area contributed by atoms with Gasteiger partial charge in [0.25, 0.3) is 0 Å². The van der Waals surface area contributed by atoms with Crippen molar-refractivity contribution >= 4 is 5.91 Å². The van der Waals surface area contributed by atoms with Crippen LogP contribution in [0, 0.1) is 0 Å². The van der Waals surface area contributed by atoms with E-state index in [2.05, 4.69) is 52.3 Å². The van der Waals surface area contributed by atoms with E-state index in [1.54, 1.807) is 12.1 Å². The summed E-state index contributed by atoms with van der Waals surface area (Å²) in [6.45, 7) is 3.19. The highest BCUT2D eigenvalue weighted by Crippen LogP contribution is 2.28. The van der Waals surface area contributed by atoms with Gasteiger partial charge in [-0.15, -0.1) is 0 Å². The fourth-order valence-corrected chi connectivity index (χ4v) is 3.78. The molecule has 1 saturated heterocycles. The molecule has 5 nitrogen and oxygen atoms in total. The number of carbonyl (C=O) groups is 1. The Kier molecular flexibility index (Phi) is 5.86. The second-order valence-electron chi connectivity index (χ2n) is 7.46. The van der Waals surface area contributed by atoms with Gasteiger partial charge in [0, 0.05) is 18.8 Å². The number of ether oxygens (including phenoxy) is 1. The number of nitrogens with zero attached hydrogens (tertiary/aromatic N) is 2. The maximum absolute atomic E-state index is 11.1. The number of hydrogen-bond acceptors (Lipinski definition) is 4. The van der Waals surface area contributed by atoms with Crippen molar-refractivity contribution in [2.24, 2.45) is 5.73 Å². The topological polar surface area (TPSA) is 68.5 Å². The molecule has 0 bridgehead atoms. The lowest BCUT2D eigenvalue weighted by molar-refractivity contribution is 0.1000. The second kappa shape index (κ2) is 8.88. The van der Waals surface area contributed by atoms with Gasteiger partial charge in [0.1, 0.15) is 5.75 Å². The second-order valence-corrected chi connectivity index (χ2v) is 7.46. The number of amides is 1. The van der Waals surface area contributed by atoms with E-state index in [1.165, 1.54) is 30.2 Å². The number of hydrogen-bond donors (Lipinski definition) is 1. The molecular weight excluding hydrogens is 362 g/mol. The van der Waals surface area contributed by atoms with Gasteiger partial charge < -0.3 is 10.5 Å². The minimum atomic E-state index is -0.499. The van der Waals surface area contributed by atoms with Gasteiger partial charge in [-0.3, -0.25) is 9.69 Å². The summed E-state index contributed by atoms with van der Waals surface area (Å²) >= 11 is 0. The molecule has 2 aromatic carbocycles. The van der Waals surface area contributed by atoms with Gasteiger partial charge in [0.2, 0.25) is 11.8 Å². The van der Waals surface area contributed by atoms with Gasteiger partial charge in [-0.05, 0) is 61.2 Å². The Hall–Kier alpha value is -3.18. The summed E-state index contributed by atoms with van der Waals surface area (Å²) in [6.07, 6.45) is 3.83. The Bertz CT molecular complexity index is 932. The van der Waals surface area contributed by atoms with Crippen molar-refractivity contribution in [3.8, 4) is 11.6 Å². The Morgan fingerprint density at radius 1 is 1.00 bits per heavy atom. The van der Waals surface area contributed by atoms with Crippen molar-refractivity contribution in [1.82, 2.24) is 9.88 Å². The van der Waals surface area contributed by atoms with E-state index in [9.17, 15) is 4.79 Å². The van der Waals surface area contributed by atoms with E-state index in [-0.39, 0.29) is 0 Å². The molecular formula is C24H25N3O2. The molecule has 1 amide bonds. The molecule has 2 heterocycles. The fraction of sp³-hybridized carbons (Fsp3) is 0.250. The van der Waals surface area contributed by atoms with Crippen molar-refractivity contribution < 1.29 is 9.53 Å². The number of primary amides is 1. The minimum Gasteiger partial charge on any atom is -0.439 e. The largest absolute Gasteiger partial charge is 0.439 e. The van der Waals surface area contributed by atoms with E-state index in [0.29, 0.717) is 17.4 Å². The maximum Gasteiger partial charge on any atom is 0.250 e. The van der Waals surface area contributed by atoms with Crippen molar-refractivity contribution in [2.75, 3.05) is 13.1 Å². The lowest BCUT2D eigenvalue weighted by Crippen LogP contribution is -2.32. The first-order chi connectivity index (χ1) is 14.2. The summed E-state index contributed by atoms with van der Waals surface area (Å²) in [5, 5.41) is 0. The van der Waals surface area contributed by atoms with Crippen LogP contribution in [0.2, 0.25) is 0 Å². The van der Waals surface area contributed by atoms with E-state index in [4.69, 9.17) is 10.5 Å². The summed E-state index contributed by atoms with van der Waals surface area (Å²) in [7, 11) is 0. The smallest absolute Gasteiger partial charge is 0.250 e. The van der Waals surface area contributed by atoms with Crippen LogP contribution in [-0.4, -0.2) is 28.9 Å². The number of carbonyl (C=O) groups excluding carboxylic acids is 1. The van der Waals surface area contributed by atoms with Crippen LogP contribution in [0.5, 0.6) is 11.6 Å². The molecule has 0 spiro atoms. The number of pyridine rings is 1. The summed E-state index contributed by atoms with van der Waals surface area (Å²) in [5.41, 5.74) is 8.32. The summed E-state index contributed by atoms with van der Waals surface area (Å²) < 4.78 is 5.74. The average molecular weight is 387 g/mol. The molecule has 1 fully saturated rings. The molecule has 1 aliphatic heterocycles. The third-order valence-electron chi connectivity index (χ3n) is 5.43. The fourth-order valence-electron chi connectivity index (χ4n) is 3.78. The molecule has 1 aliphatic rings. The van der Waals surface area contributed by atoms with E-state index < -0.39 is 5.91 Å². The molecule has 3 aromatic rings. The number of likely N-dealkylation sites (tertiary alicyclic amines) is 1. The number of benzene rings is 2. The SMILES string of the molecule is NC(=O)c1ccc(Oc2ccc(CN3CCC(c4ccccc4)CC3)cc2)nc1. The zero-order chi connectivity index (χ0) is 20.1. The van der Waals surface area contributed by atoms with Crippen LogP contribution in [0.4, 0.5) is 0 Å². The van der Waals surface area contributed by atoms with Gasteiger partial charge in [-0.2, -0.15) is 0 Å². The van der Waals surface area contributed by atoms with Crippen LogP contribution >= 0.6 is 0 Å². The Balaban J connectivity index is 1.29. The maximum atomic E-state index is 11.1. The molecule has 0 unspecified atom stereocenters. The van der Waals surface area contributed by atoms with Crippen LogP contribution < -0.4 is 10.5 Å². The van der Waals surface area contributed by atoms with Crippen LogP contribution in [0.3, 0.4) is 0 Å².